The van der Waals surface area contributed by atoms with Gasteiger partial charge >= 0.3 is 0 Å². The topological polar surface area (TPSA) is 22.3 Å². The molecule has 4 heteroatoms. The smallest absolute Gasteiger partial charge is 0.0571 e. The van der Waals surface area contributed by atoms with Gasteiger partial charge in [0.2, 0.25) is 0 Å². The highest BCUT2D eigenvalue weighted by Gasteiger charge is 2.37. The van der Waals surface area contributed by atoms with E-state index in [-0.39, 0.29) is 5.41 Å². The fourth-order valence-corrected chi connectivity index (χ4v) is 7.55. The summed E-state index contributed by atoms with van der Waals surface area (Å²) in [6.45, 7) is 8.70. The first kappa shape index (κ1) is 24.9. The number of hydrogen-bond donors (Lipinski definition) is 1. The summed E-state index contributed by atoms with van der Waals surface area (Å²) < 4.78 is 0. The Balaban J connectivity index is 0.00000130. The molecule has 5 aromatic carbocycles. The molecule has 0 atom stereocenters. The van der Waals surface area contributed by atoms with Crippen molar-refractivity contribution in [2.24, 2.45) is 0 Å². The van der Waals surface area contributed by atoms with Crippen LogP contribution in [-0.4, -0.2) is 12.0 Å². The predicted molar refractivity (Wildman–Crippen MR) is 173 cm³/mol. The van der Waals surface area contributed by atoms with Crippen molar-refractivity contribution in [2.75, 3.05) is 16.8 Å². The summed E-state index contributed by atoms with van der Waals surface area (Å²) in [5, 5.41) is 2.53. The maximum atomic E-state index is 3.78. The van der Waals surface area contributed by atoms with Crippen LogP contribution in [-0.2, 0) is 5.41 Å². The van der Waals surface area contributed by atoms with E-state index < -0.39 is 0 Å². The van der Waals surface area contributed by atoms with Gasteiger partial charge < -0.3 is 14.8 Å². The minimum absolute atomic E-state index is 0.125. The Kier molecular flexibility index (Phi) is 5.72. The molecular weight excluding hydrogens is 506 g/mol. The Morgan fingerprint density at radius 3 is 2.05 bits per heavy atom. The van der Waals surface area contributed by atoms with Crippen LogP contribution >= 0.6 is 11.8 Å². The second-order valence-electron chi connectivity index (χ2n) is 10.8. The SMILES string of the molecule is CC.CN1c2ccccc2Sc2cc3c(cc21)[nH]c1cc2c(cc13)N(c1ccccc1)c1ccccc1C2(C)C. The average Bonchev–Trinajstić information content (AvgIpc) is 3.34. The van der Waals surface area contributed by atoms with Gasteiger partial charge in [-0.15, -0.1) is 0 Å². The second kappa shape index (κ2) is 9.21. The van der Waals surface area contributed by atoms with Crippen molar-refractivity contribution in [3.05, 3.63) is 114 Å². The van der Waals surface area contributed by atoms with Crippen LogP contribution in [0.25, 0.3) is 21.8 Å². The summed E-state index contributed by atoms with van der Waals surface area (Å²) in [6.07, 6.45) is 0. The minimum Gasteiger partial charge on any atom is -0.354 e. The molecule has 3 heterocycles. The molecule has 0 saturated carbocycles. The van der Waals surface area contributed by atoms with Crippen LogP contribution in [0.3, 0.4) is 0 Å². The molecule has 0 spiro atoms. The third kappa shape index (κ3) is 3.52. The molecule has 198 valence electrons. The third-order valence-electron chi connectivity index (χ3n) is 8.35. The van der Waals surface area contributed by atoms with E-state index in [0.29, 0.717) is 0 Å². The van der Waals surface area contributed by atoms with E-state index in [1.54, 1.807) is 0 Å². The van der Waals surface area contributed by atoms with Gasteiger partial charge in [-0.2, -0.15) is 0 Å². The Morgan fingerprint density at radius 2 is 1.25 bits per heavy atom. The molecule has 40 heavy (non-hydrogen) atoms. The fraction of sp³-hybridized carbons (Fsp3) is 0.167. The zero-order valence-electron chi connectivity index (χ0n) is 23.6. The minimum atomic E-state index is -0.125. The van der Waals surface area contributed by atoms with Crippen LogP contribution in [0.15, 0.2) is 113 Å². The van der Waals surface area contributed by atoms with Crippen LogP contribution in [0, 0.1) is 0 Å². The summed E-state index contributed by atoms with van der Waals surface area (Å²) in [4.78, 5) is 11.1. The first-order valence-corrected chi connectivity index (χ1v) is 14.9. The zero-order chi connectivity index (χ0) is 27.6. The highest BCUT2D eigenvalue weighted by Crippen LogP contribution is 2.54. The average molecular weight is 540 g/mol. The summed E-state index contributed by atoms with van der Waals surface area (Å²) in [7, 11) is 2.17. The lowest BCUT2D eigenvalue weighted by atomic mass is 9.73. The van der Waals surface area contributed by atoms with Crippen molar-refractivity contribution >= 4 is 62.0 Å². The maximum Gasteiger partial charge on any atom is 0.0571 e. The lowest BCUT2D eigenvalue weighted by molar-refractivity contribution is 0.633. The maximum absolute atomic E-state index is 3.78. The molecule has 2 aliphatic heterocycles. The molecule has 0 aliphatic carbocycles. The Hall–Kier alpha value is -4.15. The van der Waals surface area contributed by atoms with Crippen molar-refractivity contribution in [3.63, 3.8) is 0 Å². The highest BCUT2D eigenvalue weighted by atomic mass is 32.2. The molecule has 1 N–H and O–H groups in total. The summed E-state index contributed by atoms with van der Waals surface area (Å²) >= 11 is 1.86. The van der Waals surface area contributed by atoms with Gasteiger partial charge in [-0.3, -0.25) is 0 Å². The van der Waals surface area contributed by atoms with Crippen LogP contribution in [0.1, 0.15) is 38.8 Å². The molecule has 0 saturated heterocycles. The van der Waals surface area contributed by atoms with Crippen molar-refractivity contribution in [1.29, 1.82) is 0 Å². The Bertz CT molecular complexity index is 1900. The van der Waals surface area contributed by atoms with E-state index in [2.05, 4.69) is 139 Å². The predicted octanol–water partition coefficient (Wildman–Crippen LogP) is 10.7. The van der Waals surface area contributed by atoms with Crippen LogP contribution in [0.4, 0.5) is 28.4 Å². The van der Waals surface area contributed by atoms with Gasteiger partial charge in [-0.05, 0) is 65.7 Å². The monoisotopic (exact) mass is 539 g/mol. The Labute approximate surface area is 240 Å². The number of aromatic nitrogens is 1. The fourth-order valence-electron chi connectivity index (χ4n) is 6.38. The van der Waals surface area contributed by atoms with E-state index in [4.69, 9.17) is 0 Å². The molecule has 0 radical (unpaired) electrons. The summed E-state index contributed by atoms with van der Waals surface area (Å²) in [5.74, 6) is 0. The number of nitrogens with zero attached hydrogens (tertiary/aromatic N) is 2. The lowest BCUT2D eigenvalue weighted by Crippen LogP contribution is -2.30. The molecule has 0 amide bonds. The van der Waals surface area contributed by atoms with Crippen LogP contribution < -0.4 is 9.80 Å². The van der Waals surface area contributed by atoms with Gasteiger partial charge in [0.1, 0.15) is 0 Å². The number of hydrogen-bond acceptors (Lipinski definition) is 3. The van der Waals surface area contributed by atoms with E-state index in [1.165, 1.54) is 71.2 Å². The van der Waals surface area contributed by atoms with Crippen molar-refractivity contribution in [2.45, 2.75) is 42.9 Å². The van der Waals surface area contributed by atoms with Crippen molar-refractivity contribution < 1.29 is 0 Å². The molecule has 0 bridgehead atoms. The van der Waals surface area contributed by atoms with E-state index in [9.17, 15) is 0 Å². The van der Waals surface area contributed by atoms with E-state index >= 15 is 0 Å². The first-order valence-electron chi connectivity index (χ1n) is 14.1. The zero-order valence-corrected chi connectivity index (χ0v) is 24.4. The molecule has 0 unspecified atom stereocenters. The molecule has 8 rings (SSSR count). The lowest BCUT2D eigenvalue weighted by Gasteiger charge is -2.42. The van der Waals surface area contributed by atoms with Gasteiger partial charge in [0.25, 0.3) is 0 Å². The number of nitrogens with one attached hydrogen (secondary N) is 1. The first-order chi connectivity index (χ1) is 19.5. The standard InChI is InChI=1S/C34H27N3S.C2H6/c1-34(2)24-13-7-8-14-28(24)37(21-11-5-4-6-12-21)30-17-22-23-18-33-31(20-27(23)35-26(22)19-25(30)34)36(3)29-15-9-10-16-32(29)38-33;1-2/h4-20,35H,1-3H3;1-2H3. The molecule has 0 fully saturated rings. The molecular formula is C36H33N3S. The molecule has 2 aliphatic rings. The number of H-pyrrole nitrogens is 1. The van der Waals surface area contributed by atoms with Crippen molar-refractivity contribution in [1.82, 2.24) is 4.98 Å². The van der Waals surface area contributed by atoms with E-state index in [1.807, 2.05) is 25.6 Å². The van der Waals surface area contributed by atoms with Crippen LogP contribution in [0.2, 0.25) is 0 Å². The van der Waals surface area contributed by atoms with Gasteiger partial charge in [-0.1, -0.05) is 88.0 Å². The van der Waals surface area contributed by atoms with E-state index in [0.717, 1.165) is 0 Å². The van der Waals surface area contributed by atoms with Gasteiger partial charge in [0.15, 0.2) is 0 Å². The quantitative estimate of drug-likeness (QED) is 0.225. The normalized spacial score (nSPS) is 14.6. The molecule has 6 aromatic rings. The van der Waals surface area contributed by atoms with Crippen LogP contribution in [0.5, 0.6) is 0 Å². The van der Waals surface area contributed by atoms with Gasteiger partial charge in [0.05, 0.1) is 22.7 Å². The molecule has 1 aromatic heterocycles. The number of benzene rings is 5. The van der Waals surface area contributed by atoms with Gasteiger partial charge in [0, 0.05) is 49.7 Å². The largest absolute Gasteiger partial charge is 0.354 e. The highest BCUT2D eigenvalue weighted by molar-refractivity contribution is 7.99. The van der Waals surface area contributed by atoms with Gasteiger partial charge in [-0.25, -0.2) is 0 Å². The number of para-hydroxylation sites is 3. The summed E-state index contributed by atoms with van der Waals surface area (Å²) in [6, 6.07) is 37.7. The third-order valence-corrected chi connectivity index (χ3v) is 9.46. The molecule has 3 nitrogen and oxygen atoms in total. The number of fused-ring (bicyclic) bond motifs is 7. The summed E-state index contributed by atoms with van der Waals surface area (Å²) in [5.41, 5.74) is 11.1. The number of rotatable bonds is 1. The van der Waals surface area contributed by atoms with Crippen molar-refractivity contribution in [3.8, 4) is 0 Å². The second-order valence-corrected chi connectivity index (χ2v) is 11.9. The number of aromatic amines is 1. The Morgan fingerprint density at radius 1 is 0.600 bits per heavy atom. The number of anilines is 5.